The second-order valence-electron chi connectivity index (χ2n) is 12.7. The third kappa shape index (κ3) is 11.5. The quantitative estimate of drug-likeness (QED) is 0.372. The van der Waals surface area contributed by atoms with Crippen molar-refractivity contribution in [1.82, 2.24) is 9.80 Å². The number of hydrogen-bond acceptors (Lipinski definition) is 6. The normalized spacial score (nSPS) is 23.3. The standard InChI is InChI=1S/C33H50F3N3O6/c1-22-19-39(23(2)21-40)32(43)27-18-26(37-30(41)15-16-33(34,35)36)13-14-28(27)45-24(3)10-8-9-17-44-29(22)20-38(4)31(42)25-11-6-5-7-12-25/h13-14,18,22-25,29,40H,5-12,15-17,19-21H2,1-4H3,(H,37,41)/t22-,23-,24-,29-/m1/s1. The summed E-state index contributed by atoms with van der Waals surface area (Å²) >= 11 is 0. The van der Waals surface area contributed by atoms with Crippen LogP contribution in [-0.4, -0.2) is 90.4 Å². The molecule has 254 valence electrons. The van der Waals surface area contributed by atoms with E-state index in [1.165, 1.54) is 23.1 Å². The largest absolute Gasteiger partial charge is 0.490 e. The number of carbonyl (C=O) groups excluding carboxylic acids is 3. The molecule has 2 aliphatic rings. The number of amides is 3. The number of rotatable bonds is 8. The fourth-order valence-electron chi connectivity index (χ4n) is 5.96. The Morgan fingerprint density at radius 1 is 1.11 bits per heavy atom. The number of halogens is 3. The van der Waals surface area contributed by atoms with Gasteiger partial charge in [-0.2, -0.15) is 13.2 Å². The Morgan fingerprint density at radius 3 is 2.47 bits per heavy atom. The maximum absolute atomic E-state index is 14.2. The molecule has 1 aliphatic heterocycles. The first-order chi connectivity index (χ1) is 21.3. The number of nitrogens with zero attached hydrogens (tertiary/aromatic N) is 2. The average molecular weight is 642 g/mol. The second kappa shape index (κ2) is 17.2. The van der Waals surface area contributed by atoms with Gasteiger partial charge in [-0.3, -0.25) is 14.4 Å². The Kier molecular flexibility index (Phi) is 14.0. The van der Waals surface area contributed by atoms with Gasteiger partial charge >= 0.3 is 6.18 Å². The molecule has 45 heavy (non-hydrogen) atoms. The Labute approximate surface area is 264 Å². The van der Waals surface area contributed by atoms with Crippen LogP contribution < -0.4 is 10.1 Å². The van der Waals surface area contributed by atoms with Crippen LogP contribution in [0, 0.1) is 11.8 Å². The molecule has 1 aromatic carbocycles. The van der Waals surface area contributed by atoms with Crippen LogP contribution >= 0.6 is 0 Å². The Morgan fingerprint density at radius 2 is 1.80 bits per heavy atom. The van der Waals surface area contributed by atoms with Gasteiger partial charge in [0.15, 0.2) is 0 Å². The molecule has 0 bridgehead atoms. The molecule has 0 radical (unpaired) electrons. The summed E-state index contributed by atoms with van der Waals surface area (Å²) in [6, 6.07) is 3.86. The summed E-state index contributed by atoms with van der Waals surface area (Å²) < 4.78 is 50.5. The van der Waals surface area contributed by atoms with Crippen LogP contribution in [-0.2, 0) is 14.3 Å². The topological polar surface area (TPSA) is 108 Å². The van der Waals surface area contributed by atoms with E-state index in [4.69, 9.17) is 9.47 Å². The van der Waals surface area contributed by atoms with Gasteiger partial charge in [-0.25, -0.2) is 0 Å². The number of aliphatic hydroxyl groups is 1. The number of carbonyl (C=O) groups is 3. The predicted molar refractivity (Wildman–Crippen MR) is 165 cm³/mol. The van der Waals surface area contributed by atoms with Crippen molar-refractivity contribution in [3.05, 3.63) is 23.8 Å². The van der Waals surface area contributed by atoms with Crippen molar-refractivity contribution in [2.24, 2.45) is 11.8 Å². The van der Waals surface area contributed by atoms with E-state index in [0.717, 1.165) is 44.9 Å². The number of likely N-dealkylation sites (N-methyl/N-ethyl adjacent to an activating group) is 1. The van der Waals surface area contributed by atoms with Crippen molar-refractivity contribution in [3.63, 3.8) is 0 Å². The van der Waals surface area contributed by atoms with Crippen molar-refractivity contribution < 1.29 is 42.1 Å². The zero-order valence-electron chi connectivity index (χ0n) is 27.0. The molecule has 0 unspecified atom stereocenters. The zero-order valence-corrected chi connectivity index (χ0v) is 27.0. The molecule has 3 rings (SSSR count). The number of anilines is 1. The van der Waals surface area contributed by atoms with Gasteiger partial charge in [-0.1, -0.05) is 26.2 Å². The molecular formula is C33H50F3N3O6. The Hall–Kier alpha value is -2.86. The summed E-state index contributed by atoms with van der Waals surface area (Å²) in [5.41, 5.74) is 0.294. The molecule has 12 heteroatoms. The van der Waals surface area contributed by atoms with Crippen molar-refractivity contribution >= 4 is 23.4 Å². The van der Waals surface area contributed by atoms with Crippen molar-refractivity contribution in [2.75, 3.05) is 38.7 Å². The van der Waals surface area contributed by atoms with Crippen LogP contribution in [0.5, 0.6) is 5.75 Å². The fraction of sp³-hybridized carbons (Fsp3) is 0.727. The zero-order chi connectivity index (χ0) is 33.1. The molecule has 1 heterocycles. The van der Waals surface area contributed by atoms with Gasteiger partial charge in [0.25, 0.3) is 5.91 Å². The number of aliphatic hydroxyl groups excluding tert-OH is 1. The number of ether oxygens (including phenoxy) is 2. The monoisotopic (exact) mass is 641 g/mol. The highest BCUT2D eigenvalue weighted by atomic mass is 19.4. The van der Waals surface area contributed by atoms with Crippen LogP contribution in [0.25, 0.3) is 0 Å². The summed E-state index contributed by atoms with van der Waals surface area (Å²) in [5.74, 6) is -1.08. The molecule has 3 amide bonds. The summed E-state index contributed by atoms with van der Waals surface area (Å²) in [7, 11) is 1.80. The molecule has 2 N–H and O–H groups in total. The summed E-state index contributed by atoms with van der Waals surface area (Å²) in [5, 5.41) is 12.6. The third-order valence-corrected chi connectivity index (χ3v) is 8.76. The van der Waals surface area contributed by atoms with Crippen molar-refractivity contribution in [3.8, 4) is 5.75 Å². The maximum atomic E-state index is 14.2. The van der Waals surface area contributed by atoms with Crippen LogP contribution in [0.15, 0.2) is 18.2 Å². The Bertz CT molecular complexity index is 1130. The fourth-order valence-corrected chi connectivity index (χ4v) is 5.96. The molecule has 4 atom stereocenters. The second-order valence-corrected chi connectivity index (χ2v) is 12.7. The van der Waals surface area contributed by atoms with Crippen molar-refractivity contribution in [1.29, 1.82) is 0 Å². The first-order valence-electron chi connectivity index (χ1n) is 16.2. The number of nitrogens with one attached hydrogen (secondary N) is 1. The Balaban J connectivity index is 1.88. The lowest BCUT2D eigenvalue weighted by atomic mass is 9.88. The van der Waals surface area contributed by atoms with Gasteiger partial charge in [0.1, 0.15) is 5.75 Å². The molecule has 9 nitrogen and oxygen atoms in total. The van der Waals surface area contributed by atoms with E-state index in [-0.39, 0.29) is 60.1 Å². The molecule has 1 aromatic rings. The van der Waals surface area contributed by atoms with Crippen LogP contribution in [0.2, 0.25) is 0 Å². The maximum Gasteiger partial charge on any atom is 0.389 e. The van der Waals surface area contributed by atoms with E-state index in [1.807, 2.05) is 13.8 Å². The van der Waals surface area contributed by atoms with E-state index in [0.29, 0.717) is 19.6 Å². The van der Waals surface area contributed by atoms with Gasteiger partial charge in [0, 0.05) is 50.7 Å². The van der Waals surface area contributed by atoms with E-state index in [1.54, 1.807) is 18.9 Å². The van der Waals surface area contributed by atoms with Gasteiger partial charge in [0.05, 0.1) is 36.8 Å². The van der Waals surface area contributed by atoms with E-state index >= 15 is 0 Å². The van der Waals surface area contributed by atoms with E-state index in [9.17, 15) is 32.7 Å². The highest BCUT2D eigenvalue weighted by Crippen LogP contribution is 2.30. The van der Waals surface area contributed by atoms with E-state index < -0.39 is 36.9 Å². The minimum Gasteiger partial charge on any atom is -0.490 e. The van der Waals surface area contributed by atoms with Gasteiger partial charge in [0.2, 0.25) is 11.8 Å². The van der Waals surface area contributed by atoms with Gasteiger partial charge < -0.3 is 29.7 Å². The summed E-state index contributed by atoms with van der Waals surface area (Å²) in [4.78, 5) is 43.0. The smallest absolute Gasteiger partial charge is 0.389 e. The molecular weight excluding hydrogens is 591 g/mol. The predicted octanol–water partition coefficient (Wildman–Crippen LogP) is 5.80. The third-order valence-electron chi connectivity index (χ3n) is 8.76. The van der Waals surface area contributed by atoms with Crippen LogP contribution in [0.3, 0.4) is 0 Å². The summed E-state index contributed by atoms with van der Waals surface area (Å²) in [6.07, 6.45) is 0.238. The highest BCUT2D eigenvalue weighted by Gasteiger charge is 2.33. The van der Waals surface area contributed by atoms with Gasteiger partial charge in [-0.05, 0) is 64.2 Å². The van der Waals surface area contributed by atoms with Crippen molar-refractivity contribution in [2.45, 2.75) is 109 Å². The molecule has 0 saturated heterocycles. The highest BCUT2D eigenvalue weighted by molar-refractivity contribution is 5.99. The number of fused-ring (bicyclic) bond motifs is 1. The number of hydrogen-bond donors (Lipinski definition) is 2. The lowest BCUT2D eigenvalue weighted by Gasteiger charge is -2.36. The molecule has 0 aromatic heterocycles. The minimum atomic E-state index is -4.47. The minimum absolute atomic E-state index is 0.0196. The molecule has 1 fully saturated rings. The lowest BCUT2D eigenvalue weighted by Crippen LogP contribution is -2.48. The summed E-state index contributed by atoms with van der Waals surface area (Å²) in [6.45, 7) is 6.31. The number of benzene rings is 1. The molecule has 1 aliphatic carbocycles. The first-order valence-corrected chi connectivity index (χ1v) is 16.2. The molecule has 1 saturated carbocycles. The van der Waals surface area contributed by atoms with E-state index in [2.05, 4.69) is 5.32 Å². The average Bonchev–Trinajstić information content (AvgIpc) is 3.01. The van der Waals surface area contributed by atoms with Crippen LogP contribution in [0.1, 0.15) is 95.3 Å². The number of alkyl halides is 3. The first kappa shape index (κ1) is 36.6. The van der Waals surface area contributed by atoms with Gasteiger partial charge in [-0.15, -0.1) is 0 Å². The molecule has 0 spiro atoms. The van der Waals surface area contributed by atoms with Crippen LogP contribution in [0.4, 0.5) is 18.9 Å². The SMILES string of the molecule is C[C@@H]1CCCCO[C@H](CN(C)C(=O)C2CCCCC2)[C@H](C)CN([C@H](C)CO)C(=O)c2cc(NC(=O)CCC(F)(F)F)ccc2O1. The lowest BCUT2D eigenvalue weighted by molar-refractivity contribution is -0.142.